The molecule has 23 heavy (non-hydrogen) atoms. The third kappa shape index (κ3) is 5.27. The SMILES string of the molecule is CCOc1ccc(C[C@H](N)C(=O)NCc2ccc(N)nc2)cc1. The number of nitrogens with one attached hydrogen (secondary N) is 1. The van der Waals surface area contributed by atoms with Gasteiger partial charge in [-0.1, -0.05) is 18.2 Å². The van der Waals surface area contributed by atoms with Gasteiger partial charge in [-0.3, -0.25) is 4.79 Å². The van der Waals surface area contributed by atoms with Gasteiger partial charge in [0.15, 0.2) is 0 Å². The number of carbonyl (C=O) groups is 1. The number of nitrogens with two attached hydrogens (primary N) is 2. The van der Waals surface area contributed by atoms with E-state index in [1.165, 1.54) is 0 Å². The summed E-state index contributed by atoms with van der Waals surface area (Å²) in [6.07, 6.45) is 2.10. The van der Waals surface area contributed by atoms with Crippen LogP contribution in [0.25, 0.3) is 0 Å². The lowest BCUT2D eigenvalue weighted by atomic mass is 10.1. The Morgan fingerprint density at radius 1 is 1.22 bits per heavy atom. The van der Waals surface area contributed by atoms with Crippen molar-refractivity contribution in [3.05, 3.63) is 53.7 Å². The van der Waals surface area contributed by atoms with Gasteiger partial charge >= 0.3 is 0 Å². The number of nitrogen functional groups attached to an aromatic ring is 1. The van der Waals surface area contributed by atoms with Crippen LogP contribution in [0, 0.1) is 0 Å². The number of aromatic nitrogens is 1. The fraction of sp³-hybridized carbons (Fsp3) is 0.294. The maximum atomic E-state index is 12.1. The minimum absolute atomic E-state index is 0.198. The lowest BCUT2D eigenvalue weighted by Gasteiger charge is -2.13. The first-order chi connectivity index (χ1) is 11.1. The fourth-order valence-corrected chi connectivity index (χ4v) is 2.10. The lowest BCUT2D eigenvalue weighted by molar-refractivity contribution is -0.122. The fourth-order valence-electron chi connectivity index (χ4n) is 2.10. The second-order valence-corrected chi connectivity index (χ2v) is 5.20. The number of ether oxygens (including phenoxy) is 1. The predicted molar refractivity (Wildman–Crippen MR) is 89.8 cm³/mol. The number of amides is 1. The first-order valence-electron chi connectivity index (χ1n) is 7.54. The quantitative estimate of drug-likeness (QED) is 0.713. The first kappa shape index (κ1) is 16.8. The summed E-state index contributed by atoms with van der Waals surface area (Å²) >= 11 is 0. The zero-order valence-electron chi connectivity index (χ0n) is 13.2. The van der Waals surface area contributed by atoms with Crippen LogP contribution in [0.5, 0.6) is 5.75 Å². The molecule has 122 valence electrons. The molecular weight excluding hydrogens is 292 g/mol. The maximum Gasteiger partial charge on any atom is 0.237 e. The van der Waals surface area contributed by atoms with Crippen LogP contribution in [0.2, 0.25) is 0 Å². The van der Waals surface area contributed by atoms with E-state index in [2.05, 4.69) is 10.3 Å². The molecule has 1 aromatic carbocycles. The number of anilines is 1. The number of carbonyl (C=O) groups excluding carboxylic acids is 1. The molecule has 0 saturated carbocycles. The van der Waals surface area contributed by atoms with Gasteiger partial charge < -0.3 is 21.5 Å². The van der Waals surface area contributed by atoms with Gasteiger partial charge in [-0.15, -0.1) is 0 Å². The second kappa shape index (κ2) is 8.14. The molecule has 1 atom stereocenters. The second-order valence-electron chi connectivity index (χ2n) is 5.20. The molecule has 2 aromatic rings. The van der Waals surface area contributed by atoms with E-state index < -0.39 is 6.04 Å². The van der Waals surface area contributed by atoms with E-state index in [1.54, 1.807) is 12.3 Å². The Bertz CT molecular complexity index is 626. The number of nitrogens with zero attached hydrogens (tertiary/aromatic N) is 1. The Labute approximate surface area is 135 Å². The Kier molecular flexibility index (Phi) is 5.94. The number of hydrogen-bond donors (Lipinski definition) is 3. The average molecular weight is 314 g/mol. The van der Waals surface area contributed by atoms with Gasteiger partial charge in [0.2, 0.25) is 5.91 Å². The van der Waals surface area contributed by atoms with E-state index in [9.17, 15) is 4.79 Å². The summed E-state index contributed by atoms with van der Waals surface area (Å²) in [5.41, 5.74) is 13.3. The van der Waals surface area contributed by atoms with Crippen LogP contribution in [0.1, 0.15) is 18.1 Å². The standard InChI is InChI=1S/C17H22N4O2/c1-2-23-14-6-3-12(4-7-14)9-15(18)17(22)21-11-13-5-8-16(19)20-10-13/h3-8,10,15H,2,9,11,18H2,1H3,(H2,19,20)(H,21,22)/t15-/m0/s1. The molecule has 1 aromatic heterocycles. The molecule has 0 aliphatic rings. The van der Waals surface area contributed by atoms with Gasteiger partial charge in [-0.25, -0.2) is 4.98 Å². The van der Waals surface area contributed by atoms with Crippen LogP contribution in [-0.2, 0) is 17.8 Å². The first-order valence-corrected chi connectivity index (χ1v) is 7.54. The molecule has 0 aliphatic heterocycles. The lowest BCUT2D eigenvalue weighted by Crippen LogP contribution is -2.41. The molecular formula is C17H22N4O2. The molecule has 6 heteroatoms. The van der Waals surface area contributed by atoms with Crippen molar-refractivity contribution in [2.75, 3.05) is 12.3 Å². The molecule has 0 aliphatic carbocycles. The van der Waals surface area contributed by atoms with Crippen LogP contribution in [0.4, 0.5) is 5.82 Å². The van der Waals surface area contributed by atoms with Crippen molar-refractivity contribution in [1.82, 2.24) is 10.3 Å². The van der Waals surface area contributed by atoms with Gasteiger partial charge in [0.05, 0.1) is 12.6 Å². The van der Waals surface area contributed by atoms with Gasteiger partial charge in [-0.2, -0.15) is 0 Å². The van der Waals surface area contributed by atoms with Crippen molar-refractivity contribution < 1.29 is 9.53 Å². The van der Waals surface area contributed by atoms with Crippen LogP contribution < -0.4 is 21.5 Å². The van der Waals surface area contributed by atoms with Crippen LogP contribution >= 0.6 is 0 Å². The third-order valence-corrected chi connectivity index (χ3v) is 3.34. The zero-order valence-corrected chi connectivity index (χ0v) is 13.2. The minimum Gasteiger partial charge on any atom is -0.494 e. The maximum absolute atomic E-state index is 12.1. The molecule has 5 N–H and O–H groups in total. The highest BCUT2D eigenvalue weighted by Crippen LogP contribution is 2.13. The van der Waals surface area contributed by atoms with Gasteiger partial charge in [0.25, 0.3) is 0 Å². The van der Waals surface area contributed by atoms with Crippen molar-refractivity contribution in [2.45, 2.75) is 25.9 Å². The molecule has 0 fully saturated rings. The number of rotatable bonds is 7. The van der Waals surface area contributed by atoms with Crippen LogP contribution in [0.3, 0.4) is 0 Å². The van der Waals surface area contributed by atoms with Crippen LogP contribution in [-0.4, -0.2) is 23.5 Å². The summed E-state index contributed by atoms with van der Waals surface area (Å²) < 4.78 is 5.38. The van der Waals surface area contributed by atoms with Gasteiger partial charge in [0.1, 0.15) is 11.6 Å². The Balaban J connectivity index is 1.83. The molecule has 2 rings (SSSR count). The third-order valence-electron chi connectivity index (χ3n) is 3.34. The Morgan fingerprint density at radius 2 is 1.91 bits per heavy atom. The highest BCUT2D eigenvalue weighted by Gasteiger charge is 2.13. The smallest absolute Gasteiger partial charge is 0.237 e. The highest BCUT2D eigenvalue weighted by atomic mass is 16.5. The van der Waals surface area contributed by atoms with Gasteiger partial charge in [-0.05, 0) is 42.7 Å². The number of pyridine rings is 1. The highest BCUT2D eigenvalue weighted by molar-refractivity contribution is 5.81. The van der Waals surface area contributed by atoms with E-state index in [4.69, 9.17) is 16.2 Å². The summed E-state index contributed by atoms with van der Waals surface area (Å²) in [6.45, 7) is 2.94. The normalized spacial score (nSPS) is 11.7. The van der Waals surface area contributed by atoms with E-state index in [0.29, 0.717) is 25.4 Å². The molecule has 0 unspecified atom stereocenters. The molecule has 1 heterocycles. The zero-order chi connectivity index (χ0) is 16.7. The van der Waals surface area contributed by atoms with Crippen molar-refractivity contribution >= 4 is 11.7 Å². The molecule has 6 nitrogen and oxygen atoms in total. The van der Waals surface area contributed by atoms with Gasteiger partial charge in [0, 0.05) is 12.7 Å². The summed E-state index contributed by atoms with van der Waals surface area (Å²) in [7, 11) is 0. The van der Waals surface area contributed by atoms with E-state index in [0.717, 1.165) is 16.9 Å². The average Bonchev–Trinajstić information content (AvgIpc) is 2.56. The van der Waals surface area contributed by atoms with E-state index in [1.807, 2.05) is 37.3 Å². The Morgan fingerprint density at radius 3 is 2.52 bits per heavy atom. The van der Waals surface area contributed by atoms with E-state index >= 15 is 0 Å². The summed E-state index contributed by atoms with van der Waals surface area (Å²) in [6, 6.07) is 10.5. The molecule has 0 saturated heterocycles. The monoisotopic (exact) mass is 314 g/mol. The minimum atomic E-state index is -0.602. The molecule has 1 amide bonds. The van der Waals surface area contributed by atoms with Crippen molar-refractivity contribution in [3.63, 3.8) is 0 Å². The predicted octanol–water partition coefficient (Wildman–Crippen LogP) is 1.25. The molecule has 0 spiro atoms. The number of benzene rings is 1. The van der Waals surface area contributed by atoms with E-state index in [-0.39, 0.29) is 5.91 Å². The van der Waals surface area contributed by atoms with Crippen molar-refractivity contribution in [3.8, 4) is 5.75 Å². The van der Waals surface area contributed by atoms with Crippen molar-refractivity contribution in [1.29, 1.82) is 0 Å². The largest absolute Gasteiger partial charge is 0.494 e. The molecule has 0 radical (unpaired) electrons. The topological polar surface area (TPSA) is 103 Å². The van der Waals surface area contributed by atoms with Crippen molar-refractivity contribution in [2.24, 2.45) is 5.73 Å². The summed E-state index contributed by atoms with van der Waals surface area (Å²) in [5.74, 6) is 1.06. The van der Waals surface area contributed by atoms with Crippen LogP contribution in [0.15, 0.2) is 42.6 Å². The Hall–Kier alpha value is -2.60. The summed E-state index contributed by atoms with van der Waals surface area (Å²) in [5, 5.41) is 2.80. The molecule has 0 bridgehead atoms. The number of hydrogen-bond acceptors (Lipinski definition) is 5. The summed E-state index contributed by atoms with van der Waals surface area (Å²) in [4.78, 5) is 16.0.